The third-order valence-electron chi connectivity index (χ3n) is 2.74. The van der Waals surface area contributed by atoms with E-state index in [4.69, 9.17) is 10.5 Å². The summed E-state index contributed by atoms with van der Waals surface area (Å²) in [6.07, 6.45) is 3.02. The van der Waals surface area contributed by atoms with Crippen molar-refractivity contribution in [2.45, 2.75) is 18.9 Å². The summed E-state index contributed by atoms with van der Waals surface area (Å²) < 4.78 is 5.48. The highest BCUT2D eigenvalue weighted by Crippen LogP contribution is 2.30. The van der Waals surface area contributed by atoms with E-state index < -0.39 is 6.04 Å². The molecule has 1 atom stereocenters. The van der Waals surface area contributed by atoms with Gasteiger partial charge in [-0.3, -0.25) is 4.79 Å². The Morgan fingerprint density at radius 3 is 3.19 bits per heavy atom. The number of benzene rings is 1. The van der Waals surface area contributed by atoms with Crippen molar-refractivity contribution in [2.75, 3.05) is 6.61 Å². The third kappa shape index (κ3) is 1.86. The number of para-hydroxylation sites is 1. The topological polar surface area (TPSA) is 52.3 Å². The highest BCUT2D eigenvalue weighted by Gasteiger charge is 2.23. The van der Waals surface area contributed by atoms with Crippen LogP contribution in [0, 0.1) is 0 Å². The Balaban J connectivity index is 2.30. The molecule has 1 aliphatic rings. The van der Waals surface area contributed by atoms with Crippen LogP contribution in [0.5, 0.6) is 5.75 Å². The van der Waals surface area contributed by atoms with E-state index in [0.717, 1.165) is 12.0 Å². The van der Waals surface area contributed by atoms with Crippen LogP contribution in [0.2, 0.25) is 0 Å². The zero-order chi connectivity index (χ0) is 11.5. The van der Waals surface area contributed by atoms with E-state index in [0.29, 0.717) is 24.3 Å². The quantitative estimate of drug-likeness (QED) is 0.617. The second kappa shape index (κ2) is 4.49. The highest BCUT2D eigenvalue weighted by molar-refractivity contribution is 6.02. The molecule has 2 rings (SSSR count). The van der Waals surface area contributed by atoms with Gasteiger partial charge in [-0.25, -0.2) is 0 Å². The second-order valence-electron chi connectivity index (χ2n) is 3.89. The number of hydrogen-bond donors (Lipinski definition) is 1. The molecule has 0 aliphatic carbocycles. The first-order chi connectivity index (χ1) is 7.74. The van der Waals surface area contributed by atoms with E-state index in [-0.39, 0.29) is 5.78 Å². The molecule has 1 aliphatic heterocycles. The predicted molar refractivity (Wildman–Crippen MR) is 62.8 cm³/mol. The smallest absolute Gasteiger partial charge is 0.183 e. The standard InChI is InChI=1S/C13H15NO2/c1-2-4-11(14)12(15)10-6-3-5-9-7-8-16-13(9)10/h2-3,5-6,11H,1,4,7-8,14H2. The fraction of sp³-hybridized carbons (Fsp3) is 0.308. The number of ether oxygens (including phenoxy) is 1. The molecule has 1 heterocycles. The molecule has 84 valence electrons. The van der Waals surface area contributed by atoms with Crippen molar-refractivity contribution in [3.63, 3.8) is 0 Å². The number of carbonyl (C=O) groups is 1. The molecule has 1 unspecified atom stereocenters. The first-order valence-corrected chi connectivity index (χ1v) is 5.39. The van der Waals surface area contributed by atoms with E-state index in [2.05, 4.69) is 6.58 Å². The van der Waals surface area contributed by atoms with Crippen LogP contribution in [0.1, 0.15) is 22.3 Å². The molecule has 0 aromatic heterocycles. The maximum absolute atomic E-state index is 12.0. The third-order valence-corrected chi connectivity index (χ3v) is 2.74. The molecule has 16 heavy (non-hydrogen) atoms. The minimum Gasteiger partial charge on any atom is -0.492 e. The van der Waals surface area contributed by atoms with Crippen LogP contribution in [-0.4, -0.2) is 18.4 Å². The molecular formula is C13H15NO2. The van der Waals surface area contributed by atoms with E-state index in [1.54, 1.807) is 12.1 Å². The largest absolute Gasteiger partial charge is 0.492 e. The summed E-state index contributed by atoms with van der Waals surface area (Å²) in [4.78, 5) is 12.0. The SMILES string of the molecule is C=CCC(N)C(=O)c1cccc2c1OCC2. The highest BCUT2D eigenvalue weighted by atomic mass is 16.5. The summed E-state index contributed by atoms with van der Waals surface area (Å²) >= 11 is 0. The average Bonchev–Trinajstić information content (AvgIpc) is 2.76. The number of carbonyl (C=O) groups excluding carboxylic acids is 1. The van der Waals surface area contributed by atoms with Gasteiger partial charge in [0.1, 0.15) is 5.75 Å². The van der Waals surface area contributed by atoms with Crippen molar-refractivity contribution in [1.29, 1.82) is 0 Å². The van der Waals surface area contributed by atoms with Crippen LogP contribution in [0.25, 0.3) is 0 Å². The maximum atomic E-state index is 12.0. The van der Waals surface area contributed by atoms with Crippen molar-refractivity contribution in [2.24, 2.45) is 5.73 Å². The lowest BCUT2D eigenvalue weighted by molar-refractivity contribution is 0.0959. The van der Waals surface area contributed by atoms with Crippen LogP contribution in [0.4, 0.5) is 0 Å². The predicted octanol–water partition coefficient (Wildman–Crippen LogP) is 1.71. The van der Waals surface area contributed by atoms with Crippen molar-refractivity contribution in [1.82, 2.24) is 0 Å². The summed E-state index contributed by atoms with van der Waals surface area (Å²) in [6, 6.07) is 5.11. The van der Waals surface area contributed by atoms with Crippen LogP contribution in [-0.2, 0) is 6.42 Å². The van der Waals surface area contributed by atoms with Crippen molar-refractivity contribution in [3.8, 4) is 5.75 Å². The normalized spacial score (nSPS) is 15.1. The minimum absolute atomic E-state index is 0.0707. The van der Waals surface area contributed by atoms with Crippen molar-refractivity contribution < 1.29 is 9.53 Å². The Hall–Kier alpha value is -1.61. The summed E-state index contributed by atoms with van der Waals surface area (Å²) in [6.45, 7) is 4.23. The Bertz CT molecular complexity index is 426. The van der Waals surface area contributed by atoms with Crippen LogP contribution >= 0.6 is 0 Å². The summed E-state index contributed by atoms with van der Waals surface area (Å²) in [5.74, 6) is 0.644. The lowest BCUT2D eigenvalue weighted by Crippen LogP contribution is -2.30. The van der Waals surface area contributed by atoms with Crippen molar-refractivity contribution >= 4 is 5.78 Å². The Labute approximate surface area is 94.9 Å². The first kappa shape index (κ1) is 10.9. The summed E-state index contributed by atoms with van der Waals surface area (Å²) in [7, 11) is 0. The summed E-state index contributed by atoms with van der Waals surface area (Å²) in [5.41, 5.74) is 7.47. The molecule has 0 amide bonds. The maximum Gasteiger partial charge on any atom is 0.183 e. The molecule has 1 aromatic rings. The van der Waals surface area contributed by atoms with Gasteiger partial charge in [0.05, 0.1) is 18.2 Å². The van der Waals surface area contributed by atoms with Gasteiger partial charge in [-0.15, -0.1) is 6.58 Å². The Morgan fingerprint density at radius 2 is 2.44 bits per heavy atom. The molecule has 0 fully saturated rings. The van der Waals surface area contributed by atoms with E-state index in [1.807, 2.05) is 12.1 Å². The number of nitrogens with two attached hydrogens (primary N) is 1. The zero-order valence-electron chi connectivity index (χ0n) is 9.11. The number of hydrogen-bond acceptors (Lipinski definition) is 3. The number of ketones is 1. The Morgan fingerprint density at radius 1 is 1.62 bits per heavy atom. The van der Waals surface area contributed by atoms with Crippen LogP contribution in [0.3, 0.4) is 0 Å². The fourth-order valence-electron chi connectivity index (χ4n) is 1.90. The molecule has 0 spiro atoms. The minimum atomic E-state index is -0.520. The van der Waals surface area contributed by atoms with E-state index in [1.165, 1.54) is 0 Å². The van der Waals surface area contributed by atoms with Gasteiger partial charge < -0.3 is 10.5 Å². The fourth-order valence-corrected chi connectivity index (χ4v) is 1.90. The number of rotatable bonds is 4. The van der Waals surface area contributed by atoms with E-state index >= 15 is 0 Å². The Kier molecular flexibility index (Phi) is 3.06. The zero-order valence-corrected chi connectivity index (χ0v) is 9.11. The van der Waals surface area contributed by atoms with Crippen molar-refractivity contribution in [3.05, 3.63) is 42.0 Å². The van der Waals surface area contributed by atoms with Crippen LogP contribution < -0.4 is 10.5 Å². The van der Waals surface area contributed by atoms with Gasteiger partial charge >= 0.3 is 0 Å². The second-order valence-corrected chi connectivity index (χ2v) is 3.89. The molecule has 3 heteroatoms. The number of fused-ring (bicyclic) bond motifs is 1. The lowest BCUT2D eigenvalue weighted by atomic mass is 9.99. The van der Waals surface area contributed by atoms with Gasteiger partial charge in [0.25, 0.3) is 0 Å². The molecule has 0 saturated carbocycles. The molecule has 0 radical (unpaired) electrons. The molecule has 3 nitrogen and oxygen atoms in total. The average molecular weight is 217 g/mol. The lowest BCUT2D eigenvalue weighted by Gasteiger charge is -2.11. The van der Waals surface area contributed by atoms with Gasteiger partial charge in [0, 0.05) is 6.42 Å². The molecule has 1 aromatic carbocycles. The van der Waals surface area contributed by atoms with E-state index in [9.17, 15) is 4.79 Å². The molecule has 0 bridgehead atoms. The summed E-state index contributed by atoms with van der Waals surface area (Å²) in [5, 5.41) is 0. The first-order valence-electron chi connectivity index (χ1n) is 5.39. The number of Topliss-reactive ketones (excluding diaryl/α,β-unsaturated/α-hetero) is 1. The molecule has 0 saturated heterocycles. The van der Waals surface area contributed by atoms with Gasteiger partial charge in [-0.05, 0) is 18.1 Å². The monoisotopic (exact) mass is 217 g/mol. The van der Waals surface area contributed by atoms with Gasteiger partial charge in [-0.1, -0.05) is 18.2 Å². The molecule has 2 N–H and O–H groups in total. The van der Waals surface area contributed by atoms with Crippen LogP contribution in [0.15, 0.2) is 30.9 Å². The van der Waals surface area contributed by atoms with Gasteiger partial charge in [0.15, 0.2) is 5.78 Å². The molecular weight excluding hydrogens is 202 g/mol. The van der Waals surface area contributed by atoms with Gasteiger partial charge in [0.2, 0.25) is 0 Å². The van der Waals surface area contributed by atoms with Gasteiger partial charge in [-0.2, -0.15) is 0 Å².